The summed E-state index contributed by atoms with van der Waals surface area (Å²) in [4.78, 5) is 37.6. The fourth-order valence-corrected chi connectivity index (χ4v) is 6.11. The van der Waals surface area contributed by atoms with Crippen molar-refractivity contribution < 1.29 is 28.6 Å². The lowest BCUT2D eigenvalue weighted by molar-refractivity contribution is -0.166. The molecule has 1 atom stereocenters. The standard InChI is InChI=1S/C52H86O6/c1-4-7-10-13-16-18-20-22-24-25-26-27-29-30-32-34-36-39-42-45-51(54)57-48-49(47-56-50(53)44-41-38-15-12-9-6-3)58-52(55)46-43-40-37-35-33-31-28-23-21-19-17-14-11-8-5-2/h7,10,16,18,22-24,26-28,30,32,36,39,49H,4-6,8-9,11-15,17,19-21,25,29,31,33-35,37-38,40-48H2,1-3H3/b10-7-,18-16-,24-22-,27-26-,28-23-,32-30-,39-36-. The van der Waals surface area contributed by atoms with E-state index in [0.717, 1.165) is 89.9 Å². The fourth-order valence-electron chi connectivity index (χ4n) is 6.11. The lowest BCUT2D eigenvalue weighted by Gasteiger charge is -2.18. The smallest absolute Gasteiger partial charge is 0.306 e. The molecule has 0 heterocycles. The molecule has 0 aliphatic carbocycles. The number of ether oxygens (including phenoxy) is 3. The third-order valence-corrected chi connectivity index (χ3v) is 9.65. The van der Waals surface area contributed by atoms with Crippen molar-refractivity contribution in [1.82, 2.24) is 0 Å². The van der Waals surface area contributed by atoms with E-state index in [1.54, 1.807) is 0 Å². The first-order valence-electron chi connectivity index (χ1n) is 23.6. The molecule has 0 aromatic rings. The predicted molar refractivity (Wildman–Crippen MR) is 247 cm³/mol. The molecule has 0 rings (SSSR count). The largest absolute Gasteiger partial charge is 0.462 e. The second kappa shape index (κ2) is 46.3. The van der Waals surface area contributed by atoms with E-state index >= 15 is 0 Å². The van der Waals surface area contributed by atoms with Crippen molar-refractivity contribution in [3.63, 3.8) is 0 Å². The number of hydrogen-bond acceptors (Lipinski definition) is 6. The molecule has 0 radical (unpaired) electrons. The lowest BCUT2D eigenvalue weighted by atomic mass is 10.1. The van der Waals surface area contributed by atoms with Crippen LogP contribution in [0.4, 0.5) is 0 Å². The van der Waals surface area contributed by atoms with Crippen LogP contribution in [0.15, 0.2) is 85.1 Å². The van der Waals surface area contributed by atoms with Gasteiger partial charge in [-0.1, -0.05) is 189 Å². The number of unbranched alkanes of at least 4 members (excludes halogenated alkanes) is 16. The van der Waals surface area contributed by atoms with E-state index in [1.165, 1.54) is 70.6 Å². The normalized spacial score (nSPS) is 12.8. The summed E-state index contributed by atoms with van der Waals surface area (Å²) in [6, 6.07) is 0. The average molecular weight is 807 g/mol. The summed E-state index contributed by atoms with van der Waals surface area (Å²) in [6.45, 7) is 6.36. The van der Waals surface area contributed by atoms with Gasteiger partial charge in [0.1, 0.15) is 13.2 Å². The van der Waals surface area contributed by atoms with Crippen molar-refractivity contribution in [3.05, 3.63) is 85.1 Å². The molecule has 0 aromatic heterocycles. The third-order valence-electron chi connectivity index (χ3n) is 9.65. The van der Waals surface area contributed by atoms with Crippen LogP contribution in [0.2, 0.25) is 0 Å². The second-order valence-corrected chi connectivity index (χ2v) is 15.3. The van der Waals surface area contributed by atoms with Gasteiger partial charge in [0.05, 0.1) is 0 Å². The highest BCUT2D eigenvalue weighted by Gasteiger charge is 2.19. The highest BCUT2D eigenvalue weighted by atomic mass is 16.6. The highest BCUT2D eigenvalue weighted by Crippen LogP contribution is 2.12. The van der Waals surface area contributed by atoms with E-state index in [1.807, 2.05) is 12.2 Å². The van der Waals surface area contributed by atoms with Crippen molar-refractivity contribution in [2.75, 3.05) is 13.2 Å². The minimum atomic E-state index is -0.807. The summed E-state index contributed by atoms with van der Waals surface area (Å²) in [7, 11) is 0. The van der Waals surface area contributed by atoms with E-state index < -0.39 is 6.10 Å². The first kappa shape index (κ1) is 54.6. The maximum atomic E-state index is 12.7. The Morgan fingerprint density at radius 3 is 1.16 bits per heavy atom. The van der Waals surface area contributed by atoms with Gasteiger partial charge in [0.15, 0.2) is 6.10 Å². The SMILES string of the molecule is CC/C=C\C/C=C\C/C=C\C/C=C\C/C=C\C/C=C\CCC(=O)OCC(COC(=O)CCCCCCCC)OC(=O)CCCCCCC/C=C\CCCCCCCC. The van der Waals surface area contributed by atoms with E-state index in [2.05, 4.69) is 93.7 Å². The zero-order chi connectivity index (χ0) is 42.3. The van der Waals surface area contributed by atoms with Crippen molar-refractivity contribution in [2.24, 2.45) is 0 Å². The molecule has 0 aliphatic rings. The Morgan fingerprint density at radius 1 is 0.362 bits per heavy atom. The van der Waals surface area contributed by atoms with E-state index in [9.17, 15) is 14.4 Å². The first-order chi connectivity index (χ1) is 28.5. The van der Waals surface area contributed by atoms with E-state index in [4.69, 9.17) is 14.2 Å². The highest BCUT2D eigenvalue weighted by molar-refractivity contribution is 5.71. The monoisotopic (exact) mass is 807 g/mol. The van der Waals surface area contributed by atoms with Gasteiger partial charge in [-0.25, -0.2) is 0 Å². The Hall–Kier alpha value is -3.41. The van der Waals surface area contributed by atoms with Gasteiger partial charge in [-0.05, 0) is 83.5 Å². The van der Waals surface area contributed by atoms with Crippen molar-refractivity contribution in [1.29, 1.82) is 0 Å². The predicted octanol–water partition coefficient (Wildman–Crippen LogP) is 15.3. The maximum absolute atomic E-state index is 12.7. The van der Waals surface area contributed by atoms with Crippen molar-refractivity contribution in [3.8, 4) is 0 Å². The molecular formula is C52H86O6. The Morgan fingerprint density at radius 2 is 0.707 bits per heavy atom. The van der Waals surface area contributed by atoms with Gasteiger partial charge in [-0.15, -0.1) is 0 Å². The van der Waals surface area contributed by atoms with Crippen LogP contribution in [0.25, 0.3) is 0 Å². The number of carbonyl (C=O) groups excluding carboxylic acids is 3. The van der Waals surface area contributed by atoms with Crippen LogP contribution in [0.1, 0.15) is 207 Å². The number of allylic oxidation sites excluding steroid dienone is 14. The van der Waals surface area contributed by atoms with Gasteiger partial charge < -0.3 is 14.2 Å². The van der Waals surface area contributed by atoms with Crippen LogP contribution in [0.5, 0.6) is 0 Å². The van der Waals surface area contributed by atoms with Crippen LogP contribution < -0.4 is 0 Å². The fraction of sp³-hybridized carbons (Fsp3) is 0.673. The van der Waals surface area contributed by atoms with E-state index in [0.29, 0.717) is 19.3 Å². The van der Waals surface area contributed by atoms with E-state index in [-0.39, 0.29) is 37.5 Å². The molecule has 330 valence electrons. The number of hydrogen-bond donors (Lipinski definition) is 0. The van der Waals surface area contributed by atoms with Crippen molar-refractivity contribution in [2.45, 2.75) is 213 Å². The molecule has 0 aliphatic heterocycles. The molecule has 1 unspecified atom stereocenters. The summed E-state index contributed by atoms with van der Waals surface area (Å²) < 4.78 is 16.6. The van der Waals surface area contributed by atoms with Gasteiger partial charge in [-0.2, -0.15) is 0 Å². The van der Waals surface area contributed by atoms with Gasteiger partial charge in [0.25, 0.3) is 0 Å². The number of rotatable bonds is 41. The summed E-state index contributed by atoms with van der Waals surface area (Å²) >= 11 is 0. The minimum Gasteiger partial charge on any atom is -0.462 e. The van der Waals surface area contributed by atoms with Crippen LogP contribution >= 0.6 is 0 Å². The summed E-state index contributed by atoms with van der Waals surface area (Å²) in [5.74, 6) is -1.02. The molecular weight excluding hydrogens is 721 g/mol. The molecule has 0 saturated heterocycles. The maximum Gasteiger partial charge on any atom is 0.306 e. The van der Waals surface area contributed by atoms with Gasteiger partial charge in [0.2, 0.25) is 0 Å². The van der Waals surface area contributed by atoms with Gasteiger partial charge >= 0.3 is 17.9 Å². The lowest BCUT2D eigenvalue weighted by Crippen LogP contribution is -2.30. The molecule has 0 N–H and O–H groups in total. The van der Waals surface area contributed by atoms with Crippen LogP contribution in [-0.4, -0.2) is 37.2 Å². The zero-order valence-electron chi connectivity index (χ0n) is 37.5. The number of esters is 3. The van der Waals surface area contributed by atoms with Crippen molar-refractivity contribution >= 4 is 17.9 Å². The van der Waals surface area contributed by atoms with Gasteiger partial charge in [-0.3, -0.25) is 14.4 Å². The Bertz CT molecular complexity index is 1160. The molecule has 0 fully saturated rings. The third kappa shape index (κ3) is 43.7. The molecule has 0 bridgehead atoms. The molecule has 6 nitrogen and oxygen atoms in total. The Balaban J connectivity index is 4.40. The Labute approximate surface area is 356 Å². The molecule has 0 saturated carbocycles. The second-order valence-electron chi connectivity index (χ2n) is 15.3. The van der Waals surface area contributed by atoms with Crippen LogP contribution in [0.3, 0.4) is 0 Å². The quantitative estimate of drug-likeness (QED) is 0.0265. The average Bonchev–Trinajstić information content (AvgIpc) is 3.22. The molecule has 0 spiro atoms. The molecule has 58 heavy (non-hydrogen) atoms. The van der Waals surface area contributed by atoms with Crippen LogP contribution in [0, 0.1) is 0 Å². The summed E-state index contributed by atoms with van der Waals surface area (Å²) in [5, 5.41) is 0. The Kier molecular flexibility index (Phi) is 43.6. The molecule has 0 aromatic carbocycles. The zero-order valence-corrected chi connectivity index (χ0v) is 37.5. The summed E-state index contributed by atoms with van der Waals surface area (Å²) in [6.07, 6.45) is 58.8. The summed E-state index contributed by atoms with van der Waals surface area (Å²) in [5.41, 5.74) is 0. The molecule has 0 amide bonds. The first-order valence-corrected chi connectivity index (χ1v) is 23.6. The minimum absolute atomic E-state index is 0.104. The van der Waals surface area contributed by atoms with Crippen LogP contribution in [-0.2, 0) is 28.6 Å². The van der Waals surface area contributed by atoms with Gasteiger partial charge in [0, 0.05) is 19.3 Å². The topological polar surface area (TPSA) is 78.9 Å². The number of carbonyl (C=O) groups is 3. The molecule has 6 heteroatoms.